The van der Waals surface area contributed by atoms with Crippen LogP contribution in [-0.2, 0) is 16.0 Å². The lowest BCUT2D eigenvalue weighted by molar-refractivity contribution is -0.121. The first kappa shape index (κ1) is 19.6. The Morgan fingerprint density at radius 3 is 2.80 bits per heavy atom. The molecular formula is C21H21N5O4. The zero-order valence-corrected chi connectivity index (χ0v) is 16.4. The maximum absolute atomic E-state index is 12.9. The molecule has 0 bridgehead atoms. The normalized spacial score (nSPS) is 16.2. The lowest BCUT2D eigenvalue weighted by Crippen LogP contribution is -2.33. The number of aromatic nitrogens is 2. The summed E-state index contributed by atoms with van der Waals surface area (Å²) < 4.78 is 4.99. The van der Waals surface area contributed by atoms with E-state index in [1.165, 1.54) is 0 Å². The number of nitrogens with one attached hydrogen (secondary N) is 2. The fourth-order valence-corrected chi connectivity index (χ4v) is 3.47. The van der Waals surface area contributed by atoms with E-state index in [4.69, 9.17) is 4.52 Å². The smallest absolute Gasteiger partial charge is 0.329 e. The summed E-state index contributed by atoms with van der Waals surface area (Å²) in [6, 6.07) is 11.8. The quantitative estimate of drug-likeness (QED) is 0.579. The van der Waals surface area contributed by atoms with Gasteiger partial charge < -0.3 is 15.2 Å². The number of hydrogen-bond acceptors (Lipinski definition) is 6. The van der Waals surface area contributed by atoms with Crippen LogP contribution < -0.4 is 15.5 Å². The molecule has 0 unspecified atom stereocenters. The molecule has 1 aliphatic heterocycles. The average Bonchev–Trinajstić information content (AvgIpc) is 3.28. The molecule has 154 valence electrons. The van der Waals surface area contributed by atoms with Gasteiger partial charge in [-0.25, -0.2) is 9.69 Å². The van der Waals surface area contributed by atoms with Crippen molar-refractivity contribution in [2.45, 2.75) is 32.2 Å². The Morgan fingerprint density at radius 2 is 2.00 bits per heavy atom. The monoisotopic (exact) mass is 407 g/mol. The molecule has 30 heavy (non-hydrogen) atoms. The highest BCUT2D eigenvalue weighted by molar-refractivity contribution is 6.24. The van der Waals surface area contributed by atoms with Crippen molar-refractivity contribution in [1.29, 1.82) is 0 Å². The molecule has 1 saturated heterocycles. The number of imide groups is 1. The van der Waals surface area contributed by atoms with Gasteiger partial charge in [0.25, 0.3) is 5.91 Å². The second-order valence-corrected chi connectivity index (χ2v) is 7.05. The van der Waals surface area contributed by atoms with Gasteiger partial charge >= 0.3 is 6.03 Å². The SMILES string of the molecule is Cc1noc(CCNC(=O)CC[C@@H]2NC(=O)N(c3cccc4ccccc34)C2=O)n1. The number of rotatable bonds is 7. The van der Waals surface area contributed by atoms with E-state index in [-0.39, 0.29) is 24.7 Å². The summed E-state index contributed by atoms with van der Waals surface area (Å²) in [6.45, 7) is 2.08. The molecule has 0 saturated carbocycles. The minimum Gasteiger partial charge on any atom is -0.356 e. The maximum Gasteiger partial charge on any atom is 0.329 e. The molecule has 4 amide bonds. The lowest BCUT2D eigenvalue weighted by atomic mass is 10.1. The highest BCUT2D eigenvalue weighted by atomic mass is 16.5. The van der Waals surface area contributed by atoms with Crippen LogP contribution in [0.5, 0.6) is 0 Å². The van der Waals surface area contributed by atoms with Gasteiger partial charge in [-0.3, -0.25) is 9.59 Å². The van der Waals surface area contributed by atoms with Gasteiger partial charge in [-0.05, 0) is 24.8 Å². The van der Waals surface area contributed by atoms with E-state index >= 15 is 0 Å². The van der Waals surface area contributed by atoms with Crippen LogP contribution in [0.4, 0.5) is 10.5 Å². The van der Waals surface area contributed by atoms with Crippen molar-refractivity contribution in [3.63, 3.8) is 0 Å². The van der Waals surface area contributed by atoms with E-state index in [0.717, 1.165) is 15.7 Å². The van der Waals surface area contributed by atoms with Gasteiger partial charge in [0.1, 0.15) is 6.04 Å². The lowest BCUT2D eigenvalue weighted by Gasteiger charge is -2.15. The summed E-state index contributed by atoms with van der Waals surface area (Å²) in [7, 11) is 0. The summed E-state index contributed by atoms with van der Waals surface area (Å²) in [6.07, 6.45) is 0.765. The molecule has 0 radical (unpaired) electrons. The van der Waals surface area contributed by atoms with Crippen LogP contribution in [0.15, 0.2) is 47.0 Å². The molecular weight excluding hydrogens is 386 g/mol. The number of urea groups is 1. The Morgan fingerprint density at radius 1 is 1.20 bits per heavy atom. The second kappa shape index (κ2) is 8.32. The molecule has 1 aromatic heterocycles. The summed E-state index contributed by atoms with van der Waals surface area (Å²) in [4.78, 5) is 42.7. The molecule has 2 N–H and O–H groups in total. The fraction of sp³-hybridized carbons (Fsp3) is 0.286. The number of aryl methyl sites for hydroxylation is 1. The first-order valence-electron chi connectivity index (χ1n) is 9.71. The second-order valence-electron chi connectivity index (χ2n) is 7.05. The van der Waals surface area contributed by atoms with Crippen molar-refractivity contribution in [2.75, 3.05) is 11.4 Å². The van der Waals surface area contributed by atoms with Gasteiger partial charge in [-0.15, -0.1) is 0 Å². The molecule has 9 heteroatoms. The Balaban J connectivity index is 1.34. The van der Waals surface area contributed by atoms with Gasteiger partial charge in [0.15, 0.2) is 5.82 Å². The fourth-order valence-electron chi connectivity index (χ4n) is 3.47. The van der Waals surface area contributed by atoms with Gasteiger partial charge in [0, 0.05) is 24.8 Å². The summed E-state index contributed by atoms with van der Waals surface area (Å²) >= 11 is 0. The largest absolute Gasteiger partial charge is 0.356 e. The van der Waals surface area contributed by atoms with Gasteiger partial charge in [0.05, 0.1) is 5.69 Å². The number of nitrogens with zero attached hydrogens (tertiary/aromatic N) is 3. The van der Waals surface area contributed by atoms with Crippen molar-refractivity contribution in [3.05, 3.63) is 54.2 Å². The standard InChI is InChI=1S/C21H21N5O4/c1-13-23-19(30-25-13)11-12-22-18(27)10-9-16-20(28)26(21(29)24-16)17-8-4-6-14-5-2-3-7-15(14)17/h2-8,16H,9-12H2,1H3,(H,22,27)(H,24,29)/t16-/m0/s1. The molecule has 2 aromatic carbocycles. The predicted molar refractivity (Wildman–Crippen MR) is 109 cm³/mol. The summed E-state index contributed by atoms with van der Waals surface area (Å²) in [5.41, 5.74) is 0.539. The molecule has 3 aromatic rings. The number of benzene rings is 2. The Labute approximate surface area is 172 Å². The zero-order chi connectivity index (χ0) is 21.1. The minimum absolute atomic E-state index is 0.114. The van der Waals surface area contributed by atoms with Gasteiger partial charge in [-0.1, -0.05) is 41.6 Å². The average molecular weight is 407 g/mol. The van der Waals surface area contributed by atoms with E-state index in [1.54, 1.807) is 13.0 Å². The van der Waals surface area contributed by atoms with Crippen molar-refractivity contribution >= 4 is 34.3 Å². The van der Waals surface area contributed by atoms with Crippen LogP contribution in [0.2, 0.25) is 0 Å². The Hall–Kier alpha value is -3.75. The van der Waals surface area contributed by atoms with E-state index in [0.29, 0.717) is 30.4 Å². The van der Waals surface area contributed by atoms with Crippen LogP contribution in [0, 0.1) is 6.92 Å². The van der Waals surface area contributed by atoms with Crippen LogP contribution >= 0.6 is 0 Å². The van der Waals surface area contributed by atoms with E-state index in [1.807, 2.05) is 36.4 Å². The molecule has 1 atom stereocenters. The van der Waals surface area contributed by atoms with Crippen LogP contribution in [0.1, 0.15) is 24.6 Å². The third kappa shape index (κ3) is 4.00. The van der Waals surface area contributed by atoms with E-state index in [2.05, 4.69) is 20.8 Å². The van der Waals surface area contributed by atoms with Crippen LogP contribution in [-0.4, -0.2) is 40.6 Å². The topological polar surface area (TPSA) is 117 Å². The van der Waals surface area contributed by atoms with Crippen molar-refractivity contribution in [1.82, 2.24) is 20.8 Å². The number of fused-ring (bicyclic) bond motifs is 1. The minimum atomic E-state index is -0.735. The molecule has 1 fully saturated rings. The molecule has 9 nitrogen and oxygen atoms in total. The molecule has 4 rings (SSSR count). The number of carbonyl (C=O) groups is 3. The van der Waals surface area contributed by atoms with Crippen molar-refractivity contribution in [3.8, 4) is 0 Å². The molecule has 0 spiro atoms. The molecule has 0 aliphatic carbocycles. The van der Waals surface area contributed by atoms with Gasteiger partial charge in [-0.2, -0.15) is 4.98 Å². The first-order chi connectivity index (χ1) is 14.5. The number of carbonyl (C=O) groups excluding carboxylic acids is 3. The van der Waals surface area contributed by atoms with E-state index in [9.17, 15) is 14.4 Å². The zero-order valence-electron chi connectivity index (χ0n) is 16.4. The van der Waals surface area contributed by atoms with Crippen LogP contribution in [0.3, 0.4) is 0 Å². The highest BCUT2D eigenvalue weighted by Crippen LogP contribution is 2.29. The van der Waals surface area contributed by atoms with Crippen LogP contribution in [0.25, 0.3) is 10.8 Å². The number of amides is 4. The Bertz CT molecular complexity index is 1100. The van der Waals surface area contributed by atoms with Gasteiger partial charge in [0.2, 0.25) is 11.8 Å². The highest BCUT2D eigenvalue weighted by Gasteiger charge is 2.39. The number of anilines is 1. The Kier molecular flexibility index (Phi) is 5.42. The maximum atomic E-state index is 12.9. The molecule has 2 heterocycles. The third-order valence-electron chi connectivity index (χ3n) is 4.92. The van der Waals surface area contributed by atoms with Crippen molar-refractivity contribution < 1.29 is 18.9 Å². The first-order valence-corrected chi connectivity index (χ1v) is 9.71. The van der Waals surface area contributed by atoms with E-state index < -0.39 is 12.1 Å². The predicted octanol–water partition coefficient (Wildman–Crippen LogP) is 2.10. The molecule has 1 aliphatic rings. The third-order valence-corrected chi connectivity index (χ3v) is 4.92. The summed E-state index contributed by atoms with van der Waals surface area (Å²) in [5.74, 6) is 0.432. The van der Waals surface area contributed by atoms with Crippen molar-refractivity contribution in [2.24, 2.45) is 0 Å². The summed E-state index contributed by atoms with van der Waals surface area (Å²) in [5, 5.41) is 10.9. The number of hydrogen-bond donors (Lipinski definition) is 2.